The van der Waals surface area contributed by atoms with Crippen molar-refractivity contribution in [3.05, 3.63) is 53.2 Å². The number of anilines is 2. The van der Waals surface area contributed by atoms with Gasteiger partial charge in [0.05, 0.1) is 18.0 Å². The van der Waals surface area contributed by atoms with Gasteiger partial charge in [0.1, 0.15) is 5.82 Å². The van der Waals surface area contributed by atoms with Gasteiger partial charge >= 0.3 is 0 Å². The number of aliphatic hydroxyl groups excluding tert-OH is 1. The van der Waals surface area contributed by atoms with Gasteiger partial charge in [0.2, 0.25) is 0 Å². The van der Waals surface area contributed by atoms with Gasteiger partial charge in [-0.1, -0.05) is 24.3 Å². The van der Waals surface area contributed by atoms with E-state index in [1.54, 1.807) is 0 Å². The predicted molar refractivity (Wildman–Crippen MR) is 73.1 cm³/mol. The minimum atomic E-state index is 0.0626. The van der Waals surface area contributed by atoms with Gasteiger partial charge < -0.3 is 16.2 Å². The zero-order valence-corrected chi connectivity index (χ0v) is 10.4. The van der Waals surface area contributed by atoms with Gasteiger partial charge in [-0.2, -0.15) is 0 Å². The lowest BCUT2D eigenvalue weighted by Gasteiger charge is -2.08. The highest BCUT2D eigenvalue weighted by Gasteiger charge is 1.99. The Balaban J connectivity index is 2.04. The zero-order valence-electron chi connectivity index (χ0n) is 10.4. The van der Waals surface area contributed by atoms with Crippen LogP contribution in [0.1, 0.15) is 16.8 Å². The lowest BCUT2D eigenvalue weighted by Crippen LogP contribution is -2.03. The first-order valence-electron chi connectivity index (χ1n) is 5.84. The molecule has 0 saturated carbocycles. The molecule has 0 unspecified atom stereocenters. The van der Waals surface area contributed by atoms with Gasteiger partial charge in [-0.05, 0) is 30.2 Å². The van der Waals surface area contributed by atoms with E-state index in [0.717, 1.165) is 22.6 Å². The SMILES string of the molecule is Cc1nc(NCc2cccc(CO)c2)ccc1N. The number of pyridine rings is 1. The molecule has 0 aliphatic carbocycles. The van der Waals surface area contributed by atoms with Crippen LogP contribution < -0.4 is 11.1 Å². The number of rotatable bonds is 4. The van der Waals surface area contributed by atoms with E-state index in [1.165, 1.54) is 0 Å². The standard InChI is InChI=1S/C14H17N3O/c1-10-13(15)5-6-14(17-10)16-8-11-3-2-4-12(7-11)9-18/h2-7,18H,8-9,15H2,1H3,(H,16,17). The average molecular weight is 243 g/mol. The Morgan fingerprint density at radius 3 is 2.72 bits per heavy atom. The number of nitrogens with zero attached hydrogens (tertiary/aromatic N) is 1. The molecule has 4 nitrogen and oxygen atoms in total. The molecule has 18 heavy (non-hydrogen) atoms. The number of nitrogen functional groups attached to an aromatic ring is 1. The maximum Gasteiger partial charge on any atom is 0.126 e. The van der Waals surface area contributed by atoms with E-state index in [1.807, 2.05) is 43.3 Å². The molecule has 0 atom stereocenters. The van der Waals surface area contributed by atoms with Crippen molar-refractivity contribution in [3.8, 4) is 0 Å². The minimum Gasteiger partial charge on any atom is -0.397 e. The summed E-state index contributed by atoms with van der Waals surface area (Å²) in [5.41, 5.74) is 9.26. The van der Waals surface area contributed by atoms with Crippen LogP contribution in [0, 0.1) is 6.92 Å². The Kier molecular flexibility index (Phi) is 3.79. The first-order valence-corrected chi connectivity index (χ1v) is 5.84. The summed E-state index contributed by atoms with van der Waals surface area (Å²) in [6.07, 6.45) is 0. The monoisotopic (exact) mass is 243 g/mol. The highest BCUT2D eigenvalue weighted by Crippen LogP contribution is 2.13. The maximum atomic E-state index is 9.07. The van der Waals surface area contributed by atoms with Crippen LogP contribution in [0.4, 0.5) is 11.5 Å². The van der Waals surface area contributed by atoms with Crippen LogP contribution in [0.15, 0.2) is 36.4 Å². The van der Waals surface area contributed by atoms with Crippen LogP contribution in [0.5, 0.6) is 0 Å². The van der Waals surface area contributed by atoms with Gasteiger partial charge in [-0.15, -0.1) is 0 Å². The van der Waals surface area contributed by atoms with Gasteiger partial charge in [-0.25, -0.2) is 4.98 Å². The van der Waals surface area contributed by atoms with E-state index < -0.39 is 0 Å². The van der Waals surface area contributed by atoms with Crippen LogP contribution in [-0.4, -0.2) is 10.1 Å². The zero-order chi connectivity index (χ0) is 13.0. The van der Waals surface area contributed by atoms with E-state index in [-0.39, 0.29) is 6.61 Å². The Hall–Kier alpha value is -2.07. The summed E-state index contributed by atoms with van der Waals surface area (Å²) >= 11 is 0. The van der Waals surface area contributed by atoms with Gasteiger partial charge in [0.15, 0.2) is 0 Å². The molecule has 0 saturated heterocycles. The number of benzene rings is 1. The van der Waals surface area contributed by atoms with E-state index in [0.29, 0.717) is 12.2 Å². The van der Waals surface area contributed by atoms with Crippen LogP contribution in [0.3, 0.4) is 0 Å². The average Bonchev–Trinajstić information content (AvgIpc) is 2.40. The van der Waals surface area contributed by atoms with Gasteiger partial charge in [-0.3, -0.25) is 0 Å². The summed E-state index contributed by atoms with van der Waals surface area (Å²) in [6.45, 7) is 2.62. The quantitative estimate of drug-likeness (QED) is 0.768. The van der Waals surface area contributed by atoms with Crippen LogP contribution in [0.2, 0.25) is 0 Å². The summed E-state index contributed by atoms with van der Waals surface area (Å²) in [5, 5.41) is 12.3. The fraction of sp³-hybridized carbons (Fsp3) is 0.214. The van der Waals surface area contributed by atoms with Crippen LogP contribution >= 0.6 is 0 Å². The van der Waals surface area contributed by atoms with Crippen molar-refractivity contribution in [2.75, 3.05) is 11.1 Å². The third-order valence-electron chi connectivity index (χ3n) is 2.77. The van der Waals surface area contributed by atoms with E-state index >= 15 is 0 Å². The molecule has 0 aliphatic heterocycles. The lowest BCUT2D eigenvalue weighted by atomic mass is 10.1. The molecule has 0 amide bonds. The van der Waals surface area contributed by atoms with E-state index in [9.17, 15) is 0 Å². The number of aromatic nitrogens is 1. The highest BCUT2D eigenvalue weighted by molar-refractivity contribution is 5.49. The second-order valence-corrected chi connectivity index (χ2v) is 4.20. The second-order valence-electron chi connectivity index (χ2n) is 4.20. The Morgan fingerprint density at radius 1 is 1.22 bits per heavy atom. The molecular formula is C14H17N3O. The molecule has 94 valence electrons. The van der Waals surface area contributed by atoms with Crippen molar-refractivity contribution in [1.29, 1.82) is 0 Å². The molecule has 0 fully saturated rings. The molecule has 2 aromatic rings. The van der Waals surface area contributed by atoms with Crippen molar-refractivity contribution in [1.82, 2.24) is 4.98 Å². The van der Waals surface area contributed by atoms with Crippen molar-refractivity contribution >= 4 is 11.5 Å². The number of hydrogen-bond acceptors (Lipinski definition) is 4. The van der Waals surface area contributed by atoms with Crippen molar-refractivity contribution < 1.29 is 5.11 Å². The summed E-state index contributed by atoms with van der Waals surface area (Å²) in [6, 6.07) is 11.5. The molecule has 0 spiro atoms. The van der Waals surface area contributed by atoms with Crippen molar-refractivity contribution in [2.45, 2.75) is 20.1 Å². The Morgan fingerprint density at radius 2 is 2.00 bits per heavy atom. The molecule has 0 aliphatic rings. The van der Waals surface area contributed by atoms with Crippen molar-refractivity contribution in [3.63, 3.8) is 0 Å². The Bertz CT molecular complexity index is 540. The first kappa shape index (κ1) is 12.4. The third kappa shape index (κ3) is 2.99. The number of hydrogen-bond donors (Lipinski definition) is 3. The summed E-state index contributed by atoms with van der Waals surface area (Å²) in [7, 11) is 0. The number of nitrogens with two attached hydrogens (primary N) is 1. The molecule has 1 heterocycles. The molecule has 4 heteroatoms. The normalized spacial score (nSPS) is 10.3. The third-order valence-corrected chi connectivity index (χ3v) is 2.77. The van der Waals surface area contributed by atoms with Crippen molar-refractivity contribution in [2.24, 2.45) is 0 Å². The summed E-state index contributed by atoms with van der Waals surface area (Å²) < 4.78 is 0. The molecule has 2 rings (SSSR count). The van der Waals surface area contributed by atoms with Gasteiger partial charge in [0.25, 0.3) is 0 Å². The van der Waals surface area contributed by atoms with E-state index in [2.05, 4.69) is 10.3 Å². The predicted octanol–water partition coefficient (Wildman–Crippen LogP) is 2.08. The summed E-state index contributed by atoms with van der Waals surface area (Å²) in [4.78, 5) is 4.34. The summed E-state index contributed by atoms with van der Waals surface area (Å²) in [5.74, 6) is 0.802. The van der Waals surface area contributed by atoms with E-state index in [4.69, 9.17) is 10.8 Å². The number of aliphatic hydroxyl groups is 1. The van der Waals surface area contributed by atoms with Gasteiger partial charge in [0, 0.05) is 6.54 Å². The fourth-order valence-electron chi connectivity index (χ4n) is 1.70. The first-order chi connectivity index (χ1) is 8.69. The van der Waals surface area contributed by atoms with Crippen LogP contribution in [0.25, 0.3) is 0 Å². The highest BCUT2D eigenvalue weighted by atomic mass is 16.3. The molecule has 0 bridgehead atoms. The number of aryl methyl sites for hydroxylation is 1. The minimum absolute atomic E-state index is 0.0626. The second kappa shape index (κ2) is 5.51. The molecule has 0 radical (unpaired) electrons. The maximum absolute atomic E-state index is 9.07. The smallest absolute Gasteiger partial charge is 0.126 e. The number of nitrogens with one attached hydrogen (secondary N) is 1. The Labute approximate surface area is 106 Å². The molecule has 1 aromatic heterocycles. The van der Waals surface area contributed by atoms with Crippen LogP contribution in [-0.2, 0) is 13.2 Å². The molecule has 4 N–H and O–H groups in total. The lowest BCUT2D eigenvalue weighted by molar-refractivity contribution is 0.281. The largest absolute Gasteiger partial charge is 0.397 e. The fourth-order valence-corrected chi connectivity index (χ4v) is 1.70. The topological polar surface area (TPSA) is 71.2 Å². The molecular weight excluding hydrogens is 226 g/mol. The molecule has 1 aromatic carbocycles.